The summed E-state index contributed by atoms with van der Waals surface area (Å²) in [5.41, 5.74) is 24.1. The Morgan fingerprint density at radius 2 is 0.870 bits per heavy atom. The van der Waals surface area contributed by atoms with Gasteiger partial charge in [0.25, 0.3) is 6.71 Å². The topological polar surface area (TPSA) is 19.6 Å². The first kappa shape index (κ1) is 47.2. The van der Waals surface area contributed by atoms with E-state index < -0.39 is 0 Å². The maximum atomic E-state index is 7.85. The number of fused-ring (bicyclic) bond motifs is 9. The van der Waals surface area contributed by atoms with Crippen molar-refractivity contribution in [2.45, 2.75) is 239 Å². The van der Waals surface area contributed by atoms with Crippen LogP contribution < -0.4 is 26.2 Å². The van der Waals surface area contributed by atoms with E-state index in [9.17, 15) is 0 Å². The number of anilines is 6. The molecule has 2 aliphatic heterocycles. The number of benzene rings is 4. The monoisotopic (exact) mass is 921 g/mol. The second-order valence-corrected chi connectivity index (χ2v) is 29.7. The van der Waals surface area contributed by atoms with Gasteiger partial charge in [-0.3, -0.25) is 4.90 Å². The molecule has 6 aliphatic rings. The number of furan rings is 1. The van der Waals surface area contributed by atoms with Gasteiger partial charge in [-0.25, -0.2) is 0 Å². The fraction of sp³-hybridized carbons (Fsp3) is 0.569. The molecule has 0 saturated carbocycles. The SMILES string of the molecule is Cc1cc2c(cc1N1c3cc(C(C)(C)C)cc4c3B(c3cc5c(cc3N4c3ccc4c(c3)C(C)(C)CCC4(C)C)C(C)(C)CCC5(C)C)c3c1oc1c3C(C)(C)CCC1(C)C)C(C)(C)CCC2(C)C. The van der Waals surface area contributed by atoms with Gasteiger partial charge < -0.3 is 9.32 Å². The molecular weight excluding hydrogens is 836 g/mol. The number of hydrogen-bond acceptors (Lipinski definition) is 3. The summed E-state index contributed by atoms with van der Waals surface area (Å²) in [6, 6.07) is 23.5. The van der Waals surface area contributed by atoms with Crippen LogP contribution in [0.2, 0.25) is 0 Å². The zero-order valence-corrected chi connectivity index (χ0v) is 46.7. The molecule has 69 heavy (non-hydrogen) atoms. The van der Waals surface area contributed by atoms with Crippen LogP contribution in [0.5, 0.6) is 0 Å². The van der Waals surface area contributed by atoms with Crippen LogP contribution in [0.3, 0.4) is 0 Å². The van der Waals surface area contributed by atoms with Crippen molar-refractivity contribution in [2.75, 3.05) is 9.80 Å². The summed E-state index contributed by atoms with van der Waals surface area (Å²) in [4.78, 5) is 5.41. The average Bonchev–Trinajstić information content (AvgIpc) is 3.67. The fourth-order valence-corrected chi connectivity index (χ4v) is 14.5. The van der Waals surface area contributed by atoms with Crippen LogP contribution in [-0.4, -0.2) is 6.71 Å². The van der Waals surface area contributed by atoms with Crippen molar-refractivity contribution in [3.63, 3.8) is 0 Å². The third-order valence-corrected chi connectivity index (χ3v) is 19.9. The Hall–Kier alpha value is -4.18. The highest BCUT2D eigenvalue weighted by Gasteiger charge is 2.54. The summed E-state index contributed by atoms with van der Waals surface area (Å²) in [6.07, 6.45) is 9.34. The van der Waals surface area contributed by atoms with Gasteiger partial charge in [0.1, 0.15) is 5.76 Å². The molecule has 0 saturated heterocycles. The van der Waals surface area contributed by atoms with Crippen molar-refractivity contribution < 1.29 is 4.42 Å². The standard InChI is InChI=1S/C65H85BN2O/c1-38-31-42-45(62(13,14)27-25-59(42,7)8)36-48(38)68-51-33-39(57(2,3)4)32-50-53(51)66(54-52-55(69-56(54)68)65(19,20)30-29-64(52,17)18)47-35-44-46(63(15,16)28-26-61(44,11)12)37-49(47)67(50)40-21-22-41-43(34-40)60(9,10)24-23-58(41,5)6/h21-22,31-37H,23-30H2,1-20H3. The highest BCUT2D eigenvalue weighted by Crippen LogP contribution is 2.57. The Morgan fingerprint density at radius 3 is 1.41 bits per heavy atom. The van der Waals surface area contributed by atoms with Gasteiger partial charge in [-0.2, -0.15) is 0 Å². The van der Waals surface area contributed by atoms with E-state index >= 15 is 0 Å². The van der Waals surface area contributed by atoms with Gasteiger partial charge in [-0.15, -0.1) is 0 Å². The van der Waals surface area contributed by atoms with Crippen molar-refractivity contribution >= 4 is 57.4 Å². The number of nitrogens with zero attached hydrogens (tertiary/aromatic N) is 2. The largest absolute Gasteiger partial charge is 0.444 e. The Labute approximate surface area is 418 Å². The van der Waals surface area contributed by atoms with E-state index in [1.165, 1.54) is 139 Å². The highest BCUT2D eigenvalue weighted by molar-refractivity contribution is 7.00. The van der Waals surface area contributed by atoms with Gasteiger partial charge in [0.05, 0.1) is 5.69 Å². The molecule has 1 aromatic heterocycles. The Morgan fingerprint density at radius 1 is 0.435 bits per heavy atom. The fourth-order valence-electron chi connectivity index (χ4n) is 14.5. The lowest BCUT2D eigenvalue weighted by molar-refractivity contribution is 0.280. The third kappa shape index (κ3) is 6.70. The zero-order valence-electron chi connectivity index (χ0n) is 46.7. The minimum Gasteiger partial charge on any atom is -0.444 e. The van der Waals surface area contributed by atoms with Crippen LogP contribution in [0.1, 0.15) is 239 Å². The molecule has 0 radical (unpaired) electrons. The molecule has 4 aromatic carbocycles. The van der Waals surface area contributed by atoms with Gasteiger partial charge in [0, 0.05) is 28.2 Å². The molecule has 0 amide bonds. The first-order chi connectivity index (χ1) is 31.7. The smallest absolute Gasteiger partial charge is 0.256 e. The zero-order chi connectivity index (χ0) is 49.9. The third-order valence-electron chi connectivity index (χ3n) is 19.9. The molecule has 0 N–H and O–H groups in total. The predicted molar refractivity (Wildman–Crippen MR) is 297 cm³/mol. The molecule has 0 fully saturated rings. The molecule has 0 unspecified atom stereocenters. The van der Waals surface area contributed by atoms with E-state index in [-0.39, 0.29) is 55.4 Å². The van der Waals surface area contributed by atoms with Gasteiger partial charge in [-0.05, 0) is 204 Å². The summed E-state index contributed by atoms with van der Waals surface area (Å²) >= 11 is 0. The minimum atomic E-state index is -0.119. The number of hydrogen-bond donors (Lipinski definition) is 0. The van der Waals surface area contributed by atoms with Crippen LogP contribution >= 0.6 is 0 Å². The number of aryl methyl sites for hydroxylation is 1. The molecule has 4 heteroatoms. The van der Waals surface area contributed by atoms with E-state index in [0.717, 1.165) is 18.7 Å². The second-order valence-electron chi connectivity index (χ2n) is 29.7. The Kier molecular flexibility index (Phi) is 9.62. The first-order valence-corrected chi connectivity index (χ1v) is 27.1. The van der Waals surface area contributed by atoms with Crippen molar-refractivity contribution in [1.29, 1.82) is 0 Å². The average molecular weight is 921 g/mol. The highest BCUT2D eigenvalue weighted by atomic mass is 16.4. The molecule has 4 aliphatic carbocycles. The quantitative estimate of drug-likeness (QED) is 0.161. The Bertz CT molecular complexity index is 3020. The lowest BCUT2D eigenvalue weighted by Gasteiger charge is -2.48. The molecule has 0 bridgehead atoms. The van der Waals surface area contributed by atoms with E-state index in [4.69, 9.17) is 4.42 Å². The Balaban J connectivity index is 1.32. The van der Waals surface area contributed by atoms with Crippen molar-refractivity contribution in [1.82, 2.24) is 0 Å². The van der Waals surface area contributed by atoms with Crippen molar-refractivity contribution in [2.24, 2.45) is 0 Å². The van der Waals surface area contributed by atoms with Gasteiger partial charge in [-0.1, -0.05) is 150 Å². The molecule has 0 spiro atoms. The van der Waals surface area contributed by atoms with Crippen LogP contribution in [-0.2, 0) is 48.7 Å². The normalized spacial score (nSPS) is 23.2. The predicted octanol–water partition coefficient (Wildman–Crippen LogP) is 16.4. The van der Waals surface area contributed by atoms with Crippen LogP contribution in [0, 0.1) is 6.92 Å². The van der Waals surface area contributed by atoms with E-state index in [2.05, 4.69) is 203 Å². The van der Waals surface area contributed by atoms with Crippen LogP contribution in [0.4, 0.5) is 34.3 Å². The molecule has 3 nitrogen and oxygen atoms in total. The van der Waals surface area contributed by atoms with Crippen LogP contribution in [0.25, 0.3) is 0 Å². The lowest BCUT2D eigenvalue weighted by atomic mass is 9.32. The number of rotatable bonds is 2. The van der Waals surface area contributed by atoms with E-state index in [0.29, 0.717) is 0 Å². The van der Waals surface area contributed by atoms with E-state index in [1.807, 2.05) is 0 Å². The maximum absolute atomic E-state index is 7.85. The second kappa shape index (κ2) is 14.1. The molecule has 5 aromatic rings. The van der Waals surface area contributed by atoms with Gasteiger partial charge >= 0.3 is 0 Å². The molecule has 3 heterocycles. The summed E-state index contributed by atoms with van der Waals surface area (Å²) < 4.78 is 7.85. The minimum absolute atomic E-state index is 0.00496. The molecule has 11 rings (SSSR count). The lowest BCUT2D eigenvalue weighted by Crippen LogP contribution is -2.63. The molecule has 364 valence electrons. The van der Waals surface area contributed by atoms with Crippen molar-refractivity contribution in [3.05, 3.63) is 110 Å². The summed E-state index contributed by atoms with van der Waals surface area (Å²) in [5, 5.41) is 0. The van der Waals surface area contributed by atoms with Gasteiger partial charge in [0.2, 0.25) is 0 Å². The summed E-state index contributed by atoms with van der Waals surface area (Å²) in [5.74, 6) is 2.24. The molecule has 0 atom stereocenters. The van der Waals surface area contributed by atoms with Crippen LogP contribution in [0.15, 0.2) is 59.0 Å². The first-order valence-electron chi connectivity index (χ1n) is 27.1. The van der Waals surface area contributed by atoms with Crippen molar-refractivity contribution in [3.8, 4) is 0 Å². The molecular formula is C65H85BN2O. The maximum Gasteiger partial charge on any atom is 0.256 e. The summed E-state index contributed by atoms with van der Waals surface area (Å²) in [7, 11) is 0. The summed E-state index contributed by atoms with van der Waals surface area (Å²) in [6.45, 7) is 49.4. The van der Waals surface area contributed by atoms with E-state index in [1.54, 1.807) is 0 Å². The van der Waals surface area contributed by atoms with Gasteiger partial charge in [0.15, 0.2) is 5.88 Å².